The van der Waals surface area contributed by atoms with E-state index in [0.717, 1.165) is 34.1 Å². The zero-order valence-corrected chi connectivity index (χ0v) is 20.1. The fourth-order valence-corrected chi connectivity index (χ4v) is 3.09. The van der Waals surface area contributed by atoms with Crippen LogP contribution in [-0.2, 0) is 4.84 Å². The molecular weight excluding hydrogens is 459 g/mol. The largest absolute Gasteiger partial charge is 0.489 e. The van der Waals surface area contributed by atoms with Crippen LogP contribution in [0.5, 0.6) is 11.5 Å². The molecule has 0 fully saturated rings. The van der Waals surface area contributed by atoms with Crippen molar-refractivity contribution in [1.29, 1.82) is 0 Å². The molecule has 33 heavy (non-hydrogen) atoms. The van der Waals surface area contributed by atoms with E-state index in [0.29, 0.717) is 19.8 Å². The predicted molar refractivity (Wildman–Crippen MR) is 136 cm³/mol. The van der Waals surface area contributed by atoms with Gasteiger partial charge in [0.2, 0.25) is 0 Å². The number of nitrogens with zero attached hydrogens (tertiary/aromatic N) is 2. The van der Waals surface area contributed by atoms with Gasteiger partial charge in [-0.15, -0.1) is 0 Å². The normalized spacial score (nSPS) is 11.0. The summed E-state index contributed by atoms with van der Waals surface area (Å²) < 4.78 is 11.7. The van der Waals surface area contributed by atoms with E-state index in [4.69, 9.17) is 37.5 Å². The Hall–Kier alpha value is -3.15. The average Bonchev–Trinajstić information content (AvgIpc) is 2.85. The zero-order valence-electron chi connectivity index (χ0n) is 18.6. The van der Waals surface area contributed by atoms with Gasteiger partial charge in [-0.05, 0) is 61.5 Å². The van der Waals surface area contributed by atoms with Gasteiger partial charge in [0.15, 0.2) is 0 Å². The Bertz CT molecular complexity index is 1050. The molecule has 7 heteroatoms. The van der Waals surface area contributed by atoms with E-state index in [1.54, 1.807) is 6.08 Å². The summed E-state index contributed by atoms with van der Waals surface area (Å²) in [5, 5.41) is 4.20. The minimum atomic E-state index is 0.191. The van der Waals surface area contributed by atoms with Crippen molar-refractivity contribution in [2.75, 3.05) is 31.8 Å². The summed E-state index contributed by atoms with van der Waals surface area (Å²) in [7, 11) is 2.00. The Labute approximate surface area is 204 Å². The van der Waals surface area contributed by atoms with E-state index in [1.807, 2.05) is 92.8 Å². The summed E-state index contributed by atoms with van der Waals surface area (Å²) in [4.78, 5) is 7.33. The van der Waals surface area contributed by atoms with Crippen molar-refractivity contribution >= 4 is 40.3 Å². The van der Waals surface area contributed by atoms with Crippen molar-refractivity contribution in [2.24, 2.45) is 5.16 Å². The maximum atomic E-state index is 5.96. The second kappa shape index (κ2) is 12.8. The number of oxime groups is 1. The lowest BCUT2D eigenvalue weighted by Gasteiger charge is -2.20. The Morgan fingerprint density at radius 3 is 1.97 bits per heavy atom. The fraction of sp³-hybridized carbons (Fsp3) is 0.192. The second-order valence-corrected chi connectivity index (χ2v) is 7.97. The van der Waals surface area contributed by atoms with Crippen molar-refractivity contribution in [1.82, 2.24) is 0 Å². The molecule has 0 bridgehead atoms. The Balaban J connectivity index is 1.60. The molecule has 0 N–H and O–H groups in total. The molecule has 3 aromatic rings. The number of anilines is 2. The molecule has 0 aliphatic rings. The lowest BCUT2D eigenvalue weighted by Crippen LogP contribution is -2.14. The first kappa shape index (κ1) is 24.5. The van der Waals surface area contributed by atoms with E-state index < -0.39 is 0 Å². The molecular formula is C26H26Cl2N2O3. The maximum Gasteiger partial charge on any atom is 0.134 e. The third-order valence-corrected chi connectivity index (χ3v) is 5.03. The lowest BCUT2D eigenvalue weighted by molar-refractivity contribution is 0.157. The summed E-state index contributed by atoms with van der Waals surface area (Å²) in [5.41, 5.74) is 3.76. The standard InChI is InChI=1S/C26H26Cl2N2O3/c1-3-33-29-25(20-7-5-4-6-8-20)19-32-24-15-11-22(12-16-24)30(2)21-9-13-23(14-10-21)31-18-17-26(27)28/h4-17H,3,18-19H2,1-2H3. The van der Waals surface area contributed by atoms with Gasteiger partial charge in [-0.25, -0.2) is 0 Å². The van der Waals surface area contributed by atoms with Gasteiger partial charge in [0, 0.05) is 24.0 Å². The molecule has 0 spiro atoms. The van der Waals surface area contributed by atoms with E-state index >= 15 is 0 Å². The van der Waals surface area contributed by atoms with Crippen molar-refractivity contribution in [3.05, 3.63) is 95.0 Å². The summed E-state index contributed by atoms with van der Waals surface area (Å²) in [6, 6.07) is 25.5. The van der Waals surface area contributed by atoms with Crippen LogP contribution in [0, 0.1) is 0 Å². The van der Waals surface area contributed by atoms with Gasteiger partial charge in [-0.3, -0.25) is 0 Å². The van der Waals surface area contributed by atoms with Crippen LogP contribution in [0.4, 0.5) is 11.4 Å². The van der Waals surface area contributed by atoms with Crippen molar-refractivity contribution in [2.45, 2.75) is 6.92 Å². The predicted octanol–water partition coefficient (Wildman–Crippen LogP) is 6.97. The number of ether oxygens (including phenoxy) is 2. The molecule has 0 aliphatic heterocycles. The Morgan fingerprint density at radius 1 is 0.848 bits per heavy atom. The first-order valence-electron chi connectivity index (χ1n) is 10.5. The fourth-order valence-electron chi connectivity index (χ4n) is 2.97. The summed E-state index contributed by atoms with van der Waals surface area (Å²) in [6.07, 6.45) is 1.60. The third kappa shape index (κ3) is 7.74. The molecule has 0 atom stereocenters. The van der Waals surface area contributed by atoms with E-state index in [2.05, 4.69) is 10.1 Å². The molecule has 0 amide bonds. The van der Waals surface area contributed by atoms with Crippen LogP contribution >= 0.6 is 23.2 Å². The van der Waals surface area contributed by atoms with Gasteiger partial charge >= 0.3 is 0 Å². The van der Waals surface area contributed by atoms with Crippen LogP contribution in [0.1, 0.15) is 12.5 Å². The van der Waals surface area contributed by atoms with Gasteiger partial charge in [-0.2, -0.15) is 0 Å². The smallest absolute Gasteiger partial charge is 0.134 e. The topological polar surface area (TPSA) is 43.3 Å². The number of benzene rings is 3. The highest BCUT2D eigenvalue weighted by Crippen LogP contribution is 2.27. The Morgan fingerprint density at radius 2 is 1.42 bits per heavy atom. The van der Waals surface area contributed by atoms with Crippen LogP contribution in [0.3, 0.4) is 0 Å². The first-order valence-corrected chi connectivity index (χ1v) is 11.3. The highest BCUT2D eigenvalue weighted by atomic mass is 35.5. The molecule has 0 saturated carbocycles. The van der Waals surface area contributed by atoms with Crippen LogP contribution in [0.2, 0.25) is 0 Å². The molecule has 0 unspecified atom stereocenters. The number of halogens is 2. The molecule has 0 aromatic heterocycles. The Kier molecular flexibility index (Phi) is 9.48. The van der Waals surface area contributed by atoms with E-state index in [1.165, 1.54) is 0 Å². The zero-order chi connectivity index (χ0) is 23.5. The monoisotopic (exact) mass is 484 g/mol. The quantitative estimate of drug-likeness (QED) is 0.217. The molecule has 0 saturated heterocycles. The highest BCUT2D eigenvalue weighted by molar-refractivity contribution is 6.55. The highest BCUT2D eigenvalue weighted by Gasteiger charge is 2.08. The molecule has 172 valence electrons. The van der Waals surface area contributed by atoms with Gasteiger partial charge in [0.05, 0.1) is 0 Å². The first-order chi connectivity index (χ1) is 16.1. The molecule has 3 rings (SSSR count). The molecule has 3 aromatic carbocycles. The summed E-state index contributed by atoms with van der Waals surface area (Å²) in [6.45, 7) is 3.03. The van der Waals surface area contributed by atoms with Gasteiger partial charge < -0.3 is 19.2 Å². The van der Waals surface area contributed by atoms with Crippen molar-refractivity contribution in [3.8, 4) is 11.5 Å². The van der Waals surface area contributed by atoms with Crippen LogP contribution in [0.25, 0.3) is 0 Å². The number of hydrogen-bond acceptors (Lipinski definition) is 5. The molecule has 5 nitrogen and oxygen atoms in total. The summed E-state index contributed by atoms with van der Waals surface area (Å²) in [5.74, 6) is 1.49. The minimum absolute atomic E-state index is 0.191. The molecule has 0 aliphatic carbocycles. The second-order valence-electron chi connectivity index (χ2n) is 6.96. The van der Waals surface area contributed by atoms with Gasteiger partial charge in [-0.1, -0.05) is 58.7 Å². The molecule has 0 heterocycles. The van der Waals surface area contributed by atoms with Crippen LogP contribution in [0.15, 0.2) is 94.6 Å². The van der Waals surface area contributed by atoms with Crippen LogP contribution in [-0.4, -0.2) is 32.6 Å². The lowest BCUT2D eigenvalue weighted by atomic mass is 10.1. The van der Waals surface area contributed by atoms with E-state index in [9.17, 15) is 0 Å². The average molecular weight is 485 g/mol. The molecule has 0 radical (unpaired) electrons. The van der Waals surface area contributed by atoms with Crippen molar-refractivity contribution in [3.63, 3.8) is 0 Å². The summed E-state index contributed by atoms with van der Waals surface area (Å²) >= 11 is 11.2. The SMILES string of the molecule is CCON=C(COc1ccc(N(C)c2ccc(OCC=C(Cl)Cl)cc2)cc1)c1ccccc1. The van der Waals surface area contributed by atoms with Crippen molar-refractivity contribution < 1.29 is 14.3 Å². The number of rotatable bonds is 11. The van der Waals surface area contributed by atoms with Gasteiger partial charge in [0.25, 0.3) is 0 Å². The van der Waals surface area contributed by atoms with Gasteiger partial charge in [0.1, 0.15) is 41.5 Å². The van der Waals surface area contributed by atoms with E-state index in [-0.39, 0.29) is 4.49 Å². The third-order valence-electron chi connectivity index (χ3n) is 4.72. The maximum absolute atomic E-state index is 5.96. The minimum Gasteiger partial charge on any atom is -0.489 e. The van der Waals surface area contributed by atoms with Crippen LogP contribution < -0.4 is 14.4 Å². The number of hydrogen-bond donors (Lipinski definition) is 0.